The Balaban J connectivity index is 3.11. The fourth-order valence-electron chi connectivity index (χ4n) is 0.903. The predicted octanol–water partition coefficient (Wildman–Crippen LogP) is -0.889. The van der Waals surface area contributed by atoms with E-state index in [9.17, 15) is 4.79 Å². The van der Waals surface area contributed by atoms with Crippen LogP contribution in [0.15, 0.2) is 0 Å². The van der Waals surface area contributed by atoms with Crippen LogP contribution in [0.5, 0.6) is 0 Å². The number of carbonyl (C=O) groups excluding carboxylic acids is 1. The summed E-state index contributed by atoms with van der Waals surface area (Å²) in [6, 6.07) is 0. The monoisotopic (exact) mass is 204 g/mol. The van der Waals surface area contributed by atoms with Crippen molar-refractivity contribution in [3.05, 3.63) is 0 Å². The van der Waals surface area contributed by atoms with Gasteiger partial charge in [-0.3, -0.25) is 4.79 Å². The lowest BCUT2D eigenvalue weighted by Gasteiger charge is -2.05. The SMILES string of the molecule is COCCNCC(=O)NCCCCO. The van der Waals surface area contributed by atoms with Gasteiger partial charge in [0.15, 0.2) is 0 Å². The van der Waals surface area contributed by atoms with Crippen LogP contribution in [-0.4, -0.2) is 51.0 Å². The minimum atomic E-state index is -0.0148. The molecule has 0 fully saturated rings. The minimum Gasteiger partial charge on any atom is -0.396 e. The number of aliphatic hydroxyl groups excluding tert-OH is 1. The third kappa shape index (κ3) is 9.44. The van der Waals surface area contributed by atoms with E-state index in [1.54, 1.807) is 7.11 Å². The van der Waals surface area contributed by atoms with Crippen LogP contribution in [0.25, 0.3) is 0 Å². The zero-order valence-electron chi connectivity index (χ0n) is 8.71. The largest absolute Gasteiger partial charge is 0.396 e. The Labute approximate surface area is 84.8 Å². The van der Waals surface area contributed by atoms with E-state index in [-0.39, 0.29) is 12.5 Å². The number of aliphatic hydroxyl groups is 1. The Bertz CT molecular complexity index is 128. The first kappa shape index (κ1) is 13.4. The van der Waals surface area contributed by atoms with Crippen molar-refractivity contribution in [2.24, 2.45) is 0 Å². The van der Waals surface area contributed by atoms with Gasteiger partial charge in [0.25, 0.3) is 0 Å². The highest BCUT2D eigenvalue weighted by Gasteiger charge is 1.98. The molecule has 0 rings (SSSR count). The molecule has 0 unspecified atom stereocenters. The lowest BCUT2D eigenvalue weighted by Crippen LogP contribution is -2.35. The van der Waals surface area contributed by atoms with Crippen LogP contribution < -0.4 is 10.6 Å². The normalized spacial score (nSPS) is 10.1. The van der Waals surface area contributed by atoms with Crippen LogP contribution in [0.2, 0.25) is 0 Å². The summed E-state index contributed by atoms with van der Waals surface area (Å²) in [4.78, 5) is 11.1. The average Bonchev–Trinajstić information content (AvgIpc) is 2.19. The molecular weight excluding hydrogens is 184 g/mol. The highest BCUT2D eigenvalue weighted by Crippen LogP contribution is 1.82. The van der Waals surface area contributed by atoms with Gasteiger partial charge in [-0.15, -0.1) is 0 Å². The molecule has 0 atom stereocenters. The van der Waals surface area contributed by atoms with Gasteiger partial charge < -0.3 is 20.5 Å². The second-order valence-corrected chi connectivity index (χ2v) is 2.95. The molecule has 0 aromatic carbocycles. The summed E-state index contributed by atoms with van der Waals surface area (Å²) in [6.07, 6.45) is 1.55. The molecule has 1 amide bonds. The molecule has 0 aliphatic rings. The van der Waals surface area contributed by atoms with Crippen LogP contribution in [0, 0.1) is 0 Å². The maximum absolute atomic E-state index is 11.1. The molecule has 3 N–H and O–H groups in total. The molecule has 0 aliphatic heterocycles. The summed E-state index contributed by atoms with van der Waals surface area (Å²) in [7, 11) is 1.62. The number of ether oxygens (including phenoxy) is 1. The van der Waals surface area contributed by atoms with Crippen molar-refractivity contribution >= 4 is 5.91 Å². The summed E-state index contributed by atoms with van der Waals surface area (Å²) >= 11 is 0. The lowest BCUT2D eigenvalue weighted by molar-refractivity contribution is -0.120. The fourth-order valence-corrected chi connectivity index (χ4v) is 0.903. The number of hydrogen-bond acceptors (Lipinski definition) is 4. The number of rotatable bonds is 9. The quantitative estimate of drug-likeness (QED) is 0.426. The lowest BCUT2D eigenvalue weighted by atomic mass is 10.3. The third-order valence-electron chi connectivity index (χ3n) is 1.68. The number of carbonyl (C=O) groups is 1. The number of nitrogens with one attached hydrogen (secondary N) is 2. The van der Waals surface area contributed by atoms with Crippen LogP contribution in [0.4, 0.5) is 0 Å². The van der Waals surface area contributed by atoms with Gasteiger partial charge in [0.05, 0.1) is 13.2 Å². The van der Waals surface area contributed by atoms with Gasteiger partial charge in [-0.05, 0) is 12.8 Å². The molecular formula is C9H20N2O3. The summed E-state index contributed by atoms with van der Waals surface area (Å²) in [5, 5.41) is 14.2. The van der Waals surface area contributed by atoms with Crippen LogP contribution in [0.1, 0.15) is 12.8 Å². The Morgan fingerprint density at radius 1 is 1.36 bits per heavy atom. The number of hydrogen-bond donors (Lipinski definition) is 3. The molecule has 0 radical (unpaired) electrons. The van der Waals surface area contributed by atoms with Crippen molar-refractivity contribution in [2.45, 2.75) is 12.8 Å². The van der Waals surface area contributed by atoms with Crippen LogP contribution >= 0.6 is 0 Å². The molecule has 0 aliphatic carbocycles. The van der Waals surface area contributed by atoms with Gasteiger partial charge in [0.1, 0.15) is 0 Å². The minimum absolute atomic E-state index is 0.0148. The van der Waals surface area contributed by atoms with Crippen molar-refractivity contribution in [2.75, 3.05) is 40.0 Å². The molecule has 0 saturated carbocycles. The molecule has 0 heterocycles. The van der Waals surface area contributed by atoms with Crippen molar-refractivity contribution in [3.8, 4) is 0 Å². The zero-order chi connectivity index (χ0) is 10.6. The van der Waals surface area contributed by atoms with E-state index in [1.165, 1.54) is 0 Å². The summed E-state index contributed by atoms with van der Waals surface area (Å²) in [6.45, 7) is 2.42. The first-order chi connectivity index (χ1) is 6.81. The molecule has 0 aromatic heterocycles. The Kier molecular flexibility index (Phi) is 9.95. The molecule has 5 heteroatoms. The Morgan fingerprint density at radius 3 is 2.79 bits per heavy atom. The second kappa shape index (κ2) is 10.4. The van der Waals surface area contributed by atoms with Gasteiger partial charge in [-0.25, -0.2) is 0 Å². The molecule has 14 heavy (non-hydrogen) atoms. The van der Waals surface area contributed by atoms with E-state index in [1.807, 2.05) is 0 Å². The first-order valence-electron chi connectivity index (χ1n) is 4.88. The fraction of sp³-hybridized carbons (Fsp3) is 0.889. The van der Waals surface area contributed by atoms with Crippen LogP contribution in [-0.2, 0) is 9.53 Å². The molecule has 0 spiro atoms. The topological polar surface area (TPSA) is 70.6 Å². The number of unbranched alkanes of at least 4 members (excludes halogenated alkanes) is 1. The molecule has 5 nitrogen and oxygen atoms in total. The summed E-state index contributed by atoms with van der Waals surface area (Å²) in [5.74, 6) is -0.0148. The Hall–Kier alpha value is -0.650. The van der Waals surface area contributed by atoms with Crippen molar-refractivity contribution < 1.29 is 14.6 Å². The average molecular weight is 204 g/mol. The maximum atomic E-state index is 11.1. The molecule has 0 saturated heterocycles. The third-order valence-corrected chi connectivity index (χ3v) is 1.68. The van der Waals surface area contributed by atoms with Crippen molar-refractivity contribution in [1.82, 2.24) is 10.6 Å². The molecule has 84 valence electrons. The molecule has 0 aromatic rings. The highest BCUT2D eigenvalue weighted by atomic mass is 16.5. The van der Waals surface area contributed by atoms with E-state index in [0.29, 0.717) is 26.2 Å². The van der Waals surface area contributed by atoms with E-state index < -0.39 is 0 Å². The predicted molar refractivity (Wildman–Crippen MR) is 54.1 cm³/mol. The van der Waals surface area contributed by atoms with E-state index in [4.69, 9.17) is 9.84 Å². The standard InChI is InChI=1S/C9H20N2O3/c1-14-7-5-10-8-9(13)11-4-2-3-6-12/h10,12H,2-8H2,1H3,(H,11,13). The first-order valence-corrected chi connectivity index (χ1v) is 4.88. The van der Waals surface area contributed by atoms with Gasteiger partial charge in [-0.1, -0.05) is 0 Å². The second-order valence-electron chi connectivity index (χ2n) is 2.95. The van der Waals surface area contributed by atoms with Crippen molar-refractivity contribution in [1.29, 1.82) is 0 Å². The van der Waals surface area contributed by atoms with Gasteiger partial charge in [0.2, 0.25) is 5.91 Å². The van der Waals surface area contributed by atoms with Gasteiger partial charge in [-0.2, -0.15) is 0 Å². The number of amides is 1. The maximum Gasteiger partial charge on any atom is 0.233 e. The van der Waals surface area contributed by atoms with E-state index >= 15 is 0 Å². The van der Waals surface area contributed by atoms with Crippen molar-refractivity contribution in [3.63, 3.8) is 0 Å². The number of methoxy groups -OCH3 is 1. The van der Waals surface area contributed by atoms with E-state index in [0.717, 1.165) is 12.8 Å². The van der Waals surface area contributed by atoms with Gasteiger partial charge >= 0.3 is 0 Å². The molecule has 0 bridgehead atoms. The highest BCUT2D eigenvalue weighted by molar-refractivity contribution is 5.77. The smallest absolute Gasteiger partial charge is 0.233 e. The summed E-state index contributed by atoms with van der Waals surface area (Å²) < 4.78 is 4.81. The van der Waals surface area contributed by atoms with Crippen LogP contribution in [0.3, 0.4) is 0 Å². The zero-order valence-corrected chi connectivity index (χ0v) is 8.71. The van der Waals surface area contributed by atoms with E-state index in [2.05, 4.69) is 10.6 Å². The summed E-state index contributed by atoms with van der Waals surface area (Å²) in [5.41, 5.74) is 0. The van der Waals surface area contributed by atoms with Gasteiger partial charge in [0, 0.05) is 26.8 Å². The Morgan fingerprint density at radius 2 is 2.14 bits per heavy atom.